The van der Waals surface area contributed by atoms with Gasteiger partial charge < -0.3 is 10.1 Å². The molecular formula is C15H19NO5S. The first-order valence-corrected chi connectivity index (χ1v) is 8.84. The first-order chi connectivity index (χ1) is 10.3. The average molecular weight is 325 g/mol. The molecule has 1 aliphatic heterocycles. The second-order valence-electron chi connectivity index (χ2n) is 5.49. The number of esters is 1. The molecule has 1 amide bonds. The van der Waals surface area contributed by atoms with E-state index in [1.807, 2.05) is 19.9 Å². The van der Waals surface area contributed by atoms with Crippen molar-refractivity contribution in [3.63, 3.8) is 0 Å². The van der Waals surface area contributed by atoms with Crippen LogP contribution in [0.4, 0.5) is 0 Å². The zero-order valence-corrected chi connectivity index (χ0v) is 13.4. The number of ether oxygens (including phenoxy) is 1. The molecule has 120 valence electrons. The van der Waals surface area contributed by atoms with E-state index in [9.17, 15) is 18.0 Å². The molecule has 1 saturated heterocycles. The van der Waals surface area contributed by atoms with Gasteiger partial charge in [-0.15, -0.1) is 0 Å². The average Bonchev–Trinajstić information content (AvgIpc) is 2.78. The minimum Gasteiger partial charge on any atom is -0.452 e. The largest absolute Gasteiger partial charge is 0.452 e. The van der Waals surface area contributed by atoms with Crippen LogP contribution in [0.2, 0.25) is 0 Å². The number of hydrogen-bond donors (Lipinski definition) is 1. The summed E-state index contributed by atoms with van der Waals surface area (Å²) >= 11 is 0. The van der Waals surface area contributed by atoms with Gasteiger partial charge in [-0.1, -0.05) is 12.1 Å². The van der Waals surface area contributed by atoms with Crippen LogP contribution in [0.25, 0.3) is 0 Å². The SMILES string of the molecule is Cc1cccc(C(=O)OCC(=O)N[C@H]2CCS(=O)(=O)C2)c1C. The van der Waals surface area contributed by atoms with E-state index < -0.39 is 34.4 Å². The van der Waals surface area contributed by atoms with Gasteiger partial charge in [-0.05, 0) is 37.5 Å². The van der Waals surface area contributed by atoms with Crippen LogP contribution in [0.15, 0.2) is 18.2 Å². The molecule has 0 aromatic heterocycles. The number of benzene rings is 1. The van der Waals surface area contributed by atoms with Gasteiger partial charge in [0.1, 0.15) is 0 Å². The second-order valence-corrected chi connectivity index (χ2v) is 7.72. The zero-order valence-electron chi connectivity index (χ0n) is 12.6. The topological polar surface area (TPSA) is 89.5 Å². The van der Waals surface area contributed by atoms with Crippen molar-refractivity contribution in [3.8, 4) is 0 Å². The number of sulfone groups is 1. The molecule has 6 nitrogen and oxygen atoms in total. The van der Waals surface area contributed by atoms with Gasteiger partial charge in [-0.25, -0.2) is 13.2 Å². The Morgan fingerprint density at radius 1 is 1.32 bits per heavy atom. The van der Waals surface area contributed by atoms with Gasteiger partial charge in [0, 0.05) is 6.04 Å². The van der Waals surface area contributed by atoms with Crippen molar-refractivity contribution < 1.29 is 22.7 Å². The van der Waals surface area contributed by atoms with Crippen LogP contribution in [0.5, 0.6) is 0 Å². The molecule has 2 rings (SSSR count). The molecule has 0 bridgehead atoms. The number of hydrogen-bond acceptors (Lipinski definition) is 5. The normalized spacial score (nSPS) is 19.6. The van der Waals surface area contributed by atoms with Crippen molar-refractivity contribution in [2.24, 2.45) is 0 Å². The van der Waals surface area contributed by atoms with Crippen LogP contribution in [-0.2, 0) is 19.4 Å². The summed E-state index contributed by atoms with van der Waals surface area (Å²) in [6.07, 6.45) is 0.402. The van der Waals surface area contributed by atoms with Crippen LogP contribution in [0, 0.1) is 13.8 Å². The third-order valence-corrected chi connectivity index (χ3v) is 5.52. The molecule has 1 heterocycles. The van der Waals surface area contributed by atoms with Crippen LogP contribution >= 0.6 is 0 Å². The Bertz CT molecular complexity index is 696. The van der Waals surface area contributed by atoms with E-state index in [4.69, 9.17) is 4.74 Å². The van der Waals surface area contributed by atoms with E-state index in [2.05, 4.69) is 5.32 Å². The molecule has 0 unspecified atom stereocenters. The highest BCUT2D eigenvalue weighted by molar-refractivity contribution is 7.91. The summed E-state index contributed by atoms with van der Waals surface area (Å²) in [5.74, 6) is -1.01. The lowest BCUT2D eigenvalue weighted by Crippen LogP contribution is -2.38. The van der Waals surface area contributed by atoms with Crippen molar-refractivity contribution in [2.45, 2.75) is 26.3 Å². The molecule has 0 saturated carbocycles. The Kier molecular flexibility index (Phi) is 4.85. The van der Waals surface area contributed by atoms with E-state index in [1.165, 1.54) is 0 Å². The summed E-state index contributed by atoms with van der Waals surface area (Å²) in [6, 6.07) is 4.89. The van der Waals surface area contributed by atoms with Crippen LogP contribution in [0.1, 0.15) is 27.9 Å². The number of amides is 1. The van der Waals surface area contributed by atoms with Gasteiger partial charge in [0.25, 0.3) is 5.91 Å². The fraction of sp³-hybridized carbons (Fsp3) is 0.467. The van der Waals surface area contributed by atoms with Gasteiger partial charge in [-0.3, -0.25) is 4.79 Å². The predicted octanol–water partition coefficient (Wildman–Crippen LogP) is 0.764. The van der Waals surface area contributed by atoms with Gasteiger partial charge >= 0.3 is 5.97 Å². The van der Waals surface area contributed by atoms with Crippen molar-refractivity contribution in [1.29, 1.82) is 0 Å². The minimum absolute atomic E-state index is 0.0519. The number of rotatable bonds is 4. The van der Waals surface area contributed by atoms with Crippen molar-refractivity contribution >= 4 is 21.7 Å². The maximum absolute atomic E-state index is 12.0. The molecule has 22 heavy (non-hydrogen) atoms. The molecule has 0 spiro atoms. The highest BCUT2D eigenvalue weighted by atomic mass is 32.2. The van der Waals surface area contributed by atoms with Gasteiger partial charge in [0.05, 0.1) is 17.1 Å². The molecule has 0 aliphatic carbocycles. The predicted molar refractivity (Wildman–Crippen MR) is 81.4 cm³/mol. The molecule has 1 aromatic rings. The summed E-state index contributed by atoms with van der Waals surface area (Å²) in [5.41, 5.74) is 2.21. The number of carbonyl (C=O) groups excluding carboxylic acids is 2. The number of carbonyl (C=O) groups is 2. The maximum Gasteiger partial charge on any atom is 0.338 e. The number of nitrogens with one attached hydrogen (secondary N) is 1. The van der Waals surface area contributed by atoms with Crippen molar-refractivity contribution in [2.75, 3.05) is 18.1 Å². The van der Waals surface area contributed by atoms with Gasteiger partial charge in [-0.2, -0.15) is 0 Å². The Labute approximate surface area is 129 Å². The van der Waals surface area contributed by atoms with E-state index in [0.717, 1.165) is 11.1 Å². The van der Waals surface area contributed by atoms with E-state index in [1.54, 1.807) is 12.1 Å². The molecule has 7 heteroatoms. The molecule has 1 aromatic carbocycles. The lowest BCUT2D eigenvalue weighted by Gasteiger charge is -2.12. The highest BCUT2D eigenvalue weighted by Crippen LogP contribution is 2.14. The Balaban J connectivity index is 1.86. The monoisotopic (exact) mass is 325 g/mol. The molecule has 1 fully saturated rings. The van der Waals surface area contributed by atoms with Crippen molar-refractivity contribution in [3.05, 3.63) is 34.9 Å². The summed E-state index contributed by atoms with van der Waals surface area (Å²) in [7, 11) is -3.05. The van der Waals surface area contributed by atoms with Crippen LogP contribution in [0.3, 0.4) is 0 Å². The fourth-order valence-corrected chi connectivity index (χ4v) is 4.03. The standard InChI is InChI=1S/C15H19NO5S/c1-10-4-3-5-13(11(10)2)15(18)21-8-14(17)16-12-6-7-22(19,20)9-12/h3-5,12H,6-9H2,1-2H3,(H,16,17)/t12-/m0/s1. The van der Waals surface area contributed by atoms with Crippen molar-refractivity contribution in [1.82, 2.24) is 5.32 Å². The smallest absolute Gasteiger partial charge is 0.338 e. The molecule has 1 aliphatic rings. The lowest BCUT2D eigenvalue weighted by atomic mass is 10.0. The van der Waals surface area contributed by atoms with Gasteiger partial charge in [0.2, 0.25) is 0 Å². The van der Waals surface area contributed by atoms with E-state index >= 15 is 0 Å². The van der Waals surface area contributed by atoms with E-state index in [0.29, 0.717) is 12.0 Å². The summed E-state index contributed by atoms with van der Waals surface area (Å²) in [5, 5.41) is 2.57. The van der Waals surface area contributed by atoms with Crippen LogP contribution < -0.4 is 5.32 Å². The molecule has 0 radical (unpaired) electrons. The Hall–Kier alpha value is -1.89. The van der Waals surface area contributed by atoms with E-state index in [-0.39, 0.29) is 11.5 Å². The first-order valence-electron chi connectivity index (χ1n) is 7.01. The maximum atomic E-state index is 12.0. The van der Waals surface area contributed by atoms with Crippen LogP contribution in [-0.4, -0.2) is 44.4 Å². The summed E-state index contributed by atoms with van der Waals surface area (Å²) in [4.78, 5) is 23.7. The first kappa shape index (κ1) is 16.5. The minimum atomic E-state index is -3.05. The second kappa shape index (κ2) is 6.48. The Morgan fingerprint density at radius 3 is 2.68 bits per heavy atom. The summed E-state index contributed by atoms with van der Waals surface area (Å²) in [6.45, 7) is 3.29. The third kappa shape index (κ3) is 4.07. The lowest BCUT2D eigenvalue weighted by molar-refractivity contribution is -0.124. The molecule has 1 N–H and O–H groups in total. The quantitative estimate of drug-likeness (QED) is 0.826. The van der Waals surface area contributed by atoms with Gasteiger partial charge in [0.15, 0.2) is 16.4 Å². The fourth-order valence-electron chi connectivity index (χ4n) is 2.36. The highest BCUT2D eigenvalue weighted by Gasteiger charge is 2.29. The number of aryl methyl sites for hydroxylation is 1. The molecular weight excluding hydrogens is 306 g/mol. The Morgan fingerprint density at radius 2 is 2.05 bits per heavy atom. The third-order valence-electron chi connectivity index (χ3n) is 3.76. The zero-order chi connectivity index (χ0) is 16.3. The summed E-state index contributed by atoms with van der Waals surface area (Å²) < 4.78 is 27.6. The molecule has 1 atom stereocenters.